The van der Waals surface area contributed by atoms with E-state index in [2.05, 4.69) is 19.2 Å². The topological polar surface area (TPSA) is 52.5 Å². The number of aromatic hydroxyl groups is 2. The average molecular weight is 285 g/mol. The van der Waals surface area contributed by atoms with Gasteiger partial charge in [0.1, 0.15) is 11.5 Å². The Balaban J connectivity index is 2.03. The molecular formula is C18H23NO2. The van der Waals surface area contributed by atoms with Gasteiger partial charge in [-0.3, -0.25) is 0 Å². The van der Waals surface area contributed by atoms with E-state index in [1.807, 2.05) is 30.3 Å². The minimum absolute atomic E-state index is 0.124. The quantitative estimate of drug-likeness (QED) is 0.757. The molecule has 21 heavy (non-hydrogen) atoms. The predicted octanol–water partition coefficient (Wildman–Crippen LogP) is 3.77. The molecule has 2 rings (SSSR count). The summed E-state index contributed by atoms with van der Waals surface area (Å²) in [6.07, 6.45) is 1.74. The van der Waals surface area contributed by atoms with Crippen LogP contribution in [0.1, 0.15) is 37.4 Å². The second-order valence-corrected chi connectivity index (χ2v) is 5.46. The highest BCUT2D eigenvalue weighted by Gasteiger charge is 2.15. The number of hydrogen-bond acceptors (Lipinski definition) is 3. The first-order valence-corrected chi connectivity index (χ1v) is 7.42. The molecular weight excluding hydrogens is 262 g/mol. The van der Waals surface area contributed by atoms with E-state index in [9.17, 15) is 10.2 Å². The molecule has 2 unspecified atom stereocenters. The average Bonchev–Trinajstić information content (AvgIpc) is 2.45. The molecule has 2 aromatic carbocycles. The predicted molar refractivity (Wildman–Crippen MR) is 85.5 cm³/mol. The van der Waals surface area contributed by atoms with Crippen molar-refractivity contribution < 1.29 is 10.2 Å². The van der Waals surface area contributed by atoms with E-state index in [4.69, 9.17) is 0 Å². The summed E-state index contributed by atoms with van der Waals surface area (Å²) in [6.45, 7) is 4.22. The van der Waals surface area contributed by atoms with Crippen molar-refractivity contribution >= 4 is 0 Å². The van der Waals surface area contributed by atoms with E-state index in [1.54, 1.807) is 18.2 Å². The van der Waals surface area contributed by atoms with Crippen LogP contribution in [-0.2, 0) is 6.42 Å². The van der Waals surface area contributed by atoms with Gasteiger partial charge in [-0.1, -0.05) is 37.3 Å². The van der Waals surface area contributed by atoms with Crippen molar-refractivity contribution in [3.05, 3.63) is 59.7 Å². The van der Waals surface area contributed by atoms with Gasteiger partial charge in [0.15, 0.2) is 0 Å². The van der Waals surface area contributed by atoms with Crippen LogP contribution >= 0.6 is 0 Å². The zero-order chi connectivity index (χ0) is 15.2. The minimum atomic E-state index is 0.124. The summed E-state index contributed by atoms with van der Waals surface area (Å²) in [5.41, 5.74) is 2.03. The van der Waals surface area contributed by atoms with E-state index >= 15 is 0 Å². The molecule has 0 bridgehead atoms. The molecule has 0 aromatic heterocycles. The Hall–Kier alpha value is -2.00. The molecule has 2 atom stereocenters. The Labute approximate surface area is 126 Å². The molecule has 3 N–H and O–H groups in total. The van der Waals surface area contributed by atoms with Gasteiger partial charge in [0.2, 0.25) is 0 Å². The SMILES string of the molecule is CCC(NC(C)Cc1cccc(O)c1)c1ccccc1O. The fourth-order valence-electron chi connectivity index (χ4n) is 2.65. The number of phenols is 2. The molecule has 2 aromatic rings. The molecule has 0 saturated heterocycles. The summed E-state index contributed by atoms with van der Waals surface area (Å²) in [4.78, 5) is 0. The molecule has 0 radical (unpaired) electrons. The lowest BCUT2D eigenvalue weighted by atomic mass is 10.0. The Kier molecular flexibility index (Phi) is 5.23. The monoisotopic (exact) mass is 285 g/mol. The Bertz CT molecular complexity index is 583. The van der Waals surface area contributed by atoms with E-state index in [0.717, 1.165) is 24.0 Å². The molecule has 0 amide bonds. The molecule has 0 aliphatic heterocycles. The number of para-hydroxylation sites is 1. The van der Waals surface area contributed by atoms with Crippen LogP contribution in [-0.4, -0.2) is 16.3 Å². The van der Waals surface area contributed by atoms with E-state index < -0.39 is 0 Å². The zero-order valence-corrected chi connectivity index (χ0v) is 12.6. The van der Waals surface area contributed by atoms with Crippen molar-refractivity contribution in [2.75, 3.05) is 0 Å². The van der Waals surface area contributed by atoms with Gasteiger partial charge in [0.25, 0.3) is 0 Å². The van der Waals surface area contributed by atoms with Crippen molar-refractivity contribution in [2.45, 2.75) is 38.8 Å². The van der Waals surface area contributed by atoms with Crippen molar-refractivity contribution in [1.29, 1.82) is 0 Å². The number of phenolic OH excluding ortho intramolecular Hbond substituents is 2. The summed E-state index contributed by atoms with van der Waals surface area (Å²) < 4.78 is 0. The zero-order valence-electron chi connectivity index (χ0n) is 12.6. The number of hydrogen-bond donors (Lipinski definition) is 3. The summed E-state index contributed by atoms with van der Waals surface area (Å²) in [5.74, 6) is 0.633. The summed E-state index contributed by atoms with van der Waals surface area (Å²) in [7, 11) is 0. The van der Waals surface area contributed by atoms with E-state index in [-0.39, 0.29) is 12.1 Å². The summed E-state index contributed by atoms with van der Waals surface area (Å²) in [5, 5.41) is 23.0. The molecule has 0 saturated carbocycles. The van der Waals surface area contributed by atoms with Gasteiger partial charge in [-0.15, -0.1) is 0 Å². The van der Waals surface area contributed by atoms with Crippen LogP contribution < -0.4 is 5.32 Å². The van der Waals surface area contributed by atoms with Gasteiger partial charge >= 0.3 is 0 Å². The molecule has 3 nitrogen and oxygen atoms in total. The lowest BCUT2D eigenvalue weighted by Crippen LogP contribution is -2.32. The van der Waals surface area contributed by atoms with Crippen LogP contribution in [0, 0.1) is 0 Å². The summed E-state index contributed by atoms with van der Waals surface area (Å²) >= 11 is 0. The first-order valence-electron chi connectivity index (χ1n) is 7.42. The Morgan fingerprint density at radius 1 is 1.05 bits per heavy atom. The van der Waals surface area contributed by atoms with Gasteiger partial charge in [-0.05, 0) is 43.5 Å². The smallest absolute Gasteiger partial charge is 0.120 e. The highest BCUT2D eigenvalue weighted by Crippen LogP contribution is 2.26. The van der Waals surface area contributed by atoms with Crippen molar-refractivity contribution in [3.8, 4) is 11.5 Å². The third-order valence-electron chi connectivity index (χ3n) is 3.66. The van der Waals surface area contributed by atoms with Crippen LogP contribution in [0.25, 0.3) is 0 Å². The maximum Gasteiger partial charge on any atom is 0.120 e. The number of rotatable bonds is 6. The Morgan fingerprint density at radius 2 is 1.81 bits per heavy atom. The lowest BCUT2D eigenvalue weighted by Gasteiger charge is -2.23. The molecule has 3 heteroatoms. The largest absolute Gasteiger partial charge is 0.508 e. The standard InChI is InChI=1S/C18H23NO2/c1-3-17(16-9-4-5-10-18(16)21)19-13(2)11-14-7-6-8-15(20)12-14/h4-10,12-13,17,19-21H,3,11H2,1-2H3. The van der Waals surface area contributed by atoms with Crippen molar-refractivity contribution in [2.24, 2.45) is 0 Å². The van der Waals surface area contributed by atoms with Crippen LogP contribution in [0.4, 0.5) is 0 Å². The first kappa shape index (κ1) is 15.4. The molecule has 0 aliphatic rings. The first-order chi connectivity index (χ1) is 10.1. The lowest BCUT2D eigenvalue weighted by molar-refractivity contribution is 0.413. The van der Waals surface area contributed by atoms with Gasteiger partial charge in [-0.2, -0.15) is 0 Å². The maximum atomic E-state index is 9.98. The minimum Gasteiger partial charge on any atom is -0.508 e. The second kappa shape index (κ2) is 7.14. The third kappa shape index (κ3) is 4.23. The molecule has 112 valence electrons. The third-order valence-corrected chi connectivity index (χ3v) is 3.66. The molecule has 0 heterocycles. The van der Waals surface area contributed by atoms with Crippen molar-refractivity contribution in [1.82, 2.24) is 5.32 Å². The van der Waals surface area contributed by atoms with Gasteiger partial charge in [0, 0.05) is 17.6 Å². The normalized spacial score (nSPS) is 13.8. The van der Waals surface area contributed by atoms with Crippen LogP contribution in [0.3, 0.4) is 0 Å². The fraction of sp³-hybridized carbons (Fsp3) is 0.333. The maximum absolute atomic E-state index is 9.98. The van der Waals surface area contributed by atoms with Crippen LogP contribution in [0.15, 0.2) is 48.5 Å². The highest BCUT2D eigenvalue weighted by molar-refractivity contribution is 5.34. The summed E-state index contributed by atoms with van der Waals surface area (Å²) in [6, 6.07) is 15.2. The molecule has 0 fully saturated rings. The van der Waals surface area contributed by atoms with Gasteiger partial charge in [-0.25, -0.2) is 0 Å². The number of nitrogens with one attached hydrogen (secondary N) is 1. The van der Waals surface area contributed by atoms with E-state index in [1.165, 1.54) is 0 Å². The van der Waals surface area contributed by atoms with Crippen LogP contribution in [0.5, 0.6) is 11.5 Å². The fourth-order valence-corrected chi connectivity index (χ4v) is 2.65. The molecule has 0 aliphatic carbocycles. The second-order valence-electron chi connectivity index (χ2n) is 5.46. The van der Waals surface area contributed by atoms with Gasteiger partial charge < -0.3 is 15.5 Å². The van der Waals surface area contributed by atoms with Gasteiger partial charge in [0.05, 0.1) is 0 Å². The molecule has 0 spiro atoms. The Morgan fingerprint density at radius 3 is 2.48 bits per heavy atom. The van der Waals surface area contributed by atoms with Crippen LogP contribution in [0.2, 0.25) is 0 Å². The number of benzene rings is 2. The highest BCUT2D eigenvalue weighted by atomic mass is 16.3. The van der Waals surface area contributed by atoms with E-state index in [0.29, 0.717) is 11.5 Å². The van der Waals surface area contributed by atoms with Crippen molar-refractivity contribution in [3.63, 3.8) is 0 Å².